The molecule has 102 valence electrons. The second kappa shape index (κ2) is 6.98. The predicted molar refractivity (Wildman–Crippen MR) is 63.9 cm³/mol. The Bertz CT molecular complexity index is 339. The van der Waals surface area contributed by atoms with Crippen molar-refractivity contribution in [3.8, 4) is 0 Å². The first kappa shape index (κ1) is 14.5. The molecular weight excluding hydrogens is 238 g/mol. The average Bonchev–Trinajstić information content (AvgIpc) is 2.70. The maximum absolute atomic E-state index is 12.1. The number of methoxy groups -OCH3 is 2. The number of carbonyl (C=O) groups excluding carboxylic acids is 2. The van der Waals surface area contributed by atoms with Crippen LogP contribution in [0.5, 0.6) is 0 Å². The standard InChI is InChI=1S/C12H19NO5/c1-16-10(13-18-3)6-8-4-5-9(12(8)15)7-11(14)17-2/h8-9H,4-7H2,1-3H3. The molecule has 6 heteroatoms. The van der Waals surface area contributed by atoms with E-state index in [0.717, 1.165) is 6.42 Å². The minimum Gasteiger partial charge on any atom is -0.482 e. The molecule has 0 bridgehead atoms. The molecule has 1 aliphatic rings. The Morgan fingerprint density at radius 1 is 1.17 bits per heavy atom. The van der Waals surface area contributed by atoms with Gasteiger partial charge in [-0.05, 0) is 12.8 Å². The fourth-order valence-electron chi connectivity index (χ4n) is 2.18. The van der Waals surface area contributed by atoms with Crippen molar-refractivity contribution < 1.29 is 23.9 Å². The molecule has 0 N–H and O–H groups in total. The largest absolute Gasteiger partial charge is 0.482 e. The summed E-state index contributed by atoms with van der Waals surface area (Å²) in [6, 6.07) is 0. The molecule has 0 aromatic heterocycles. The molecule has 2 atom stereocenters. The lowest BCUT2D eigenvalue weighted by Crippen LogP contribution is -2.20. The highest BCUT2D eigenvalue weighted by Gasteiger charge is 2.36. The van der Waals surface area contributed by atoms with E-state index in [1.807, 2.05) is 0 Å². The highest BCUT2D eigenvalue weighted by atomic mass is 16.6. The third kappa shape index (κ3) is 3.72. The van der Waals surface area contributed by atoms with Crippen molar-refractivity contribution in [3.05, 3.63) is 0 Å². The Hall–Kier alpha value is -1.59. The molecule has 0 saturated heterocycles. The second-order valence-corrected chi connectivity index (χ2v) is 4.23. The van der Waals surface area contributed by atoms with Gasteiger partial charge < -0.3 is 14.3 Å². The molecule has 0 aliphatic heterocycles. The lowest BCUT2D eigenvalue weighted by molar-refractivity contribution is -0.143. The van der Waals surface area contributed by atoms with Crippen LogP contribution in [-0.4, -0.2) is 39.0 Å². The smallest absolute Gasteiger partial charge is 0.306 e. The van der Waals surface area contributed by atoms with Crippen LogP contribution in [-0.2, 0) is 23.9 Å². The quantitative estimate of drug-likeness (QED) is 0.319. The summed E-state index contributed by atoms with van der Waals surface area (Å²) in [7, 11) is 4.24. The van der Waals surface area contributed by atoms with E-state index in [9.17, 15) is 9.59 Å². The third-order valence-electron chi connectivity index (χ3n) is 3.16. The third-order valence-corrected chi connectivity index (χ3v) is 3.16. The van der Waals surface area contributed by atoms with E-state index in [1.54, 1.807) is 0 Å². The van der Waals surface area contributed by atoms with Crippen molar-refractivity contribution in [2.75, 3.05) is 21.3 Å². The highest BCUT2D eigenvalue weighted by Crippen LogP contribution is 2.32. The summed E-state index contributed by atoms with van der Waals surface area (Å²) in [5.74, 6) is -0.237. The van der Waals surface area contributed by atoms with Gasteiger partial charge in [-0.2, -0.15) is 0 Å². The minimum atomic E-state index is -0.341. The highest BCUT2D eigenvalue weighted by molar-refractivity contribution is 5.92. The summed E-state index contributed by atoms with van der Waals surface area (Å²) in [6.07, 6.45) is 2.03. The molecule has 1 fully saturated rings. The lowest BCUT2D eigenvalue weighted by atomic mass is 9.98. The fourth-order valence-corrected chi connectivity index (χ4v) is 2.18. The Labute approximate surface area is 106 Å². The van der Waals surface area contributed by atoms with Crippen LogP contribution in [0.1, 0.15) is 25.7 Å². The van der Waals surface area contributed by atoms with Crippen molar-refractivity contribution in [2.24, 2.45) is 17.0 Å². The van der Waals surface area contributed by atoms with Gasteiger partial charge in [-0.3, -0.25) is 9.59 Å². The van der Waals surface area contributed by atoms with Crippen molar-refractivity contribution >= 4 is 17.7 Å². The summed E-state index contributed by atoms with van der Waals surface area (Å²) in [5, 5.41) is 3.69. The fraction of sp³-hybridized carbons (Fsp3) is 0.750. The maximum Gasteiger partial charge on any atom is 0.306 e. The normalized spacial score (nSPS) is 23.9. The van der Waals surface area contributed by atoms with Gasteiger partial charge >= 0.3 is 5.97 Å². The number of Topliss-reactive ketones (excluding diaryl/α,β-unsaturated/α-hetero) is 1. The molecule has 0 radical (unpaired) electrons. The molecule has 0 amide bonds. The summed E-state index contributed by atoms with van der Waals surface area (Å²) in [5.41, 5.74) is 0. The van der Waals surface area contributed by atoms with Gasteiger partial charge in [0.15, 0.2) is 0 Å². The van der Waals surface area contributed by atoms with Crippen molar-refractivity contribution in [3.63, 3.8) is 0 Å². The molecular formula is C12H19NO5. The molecule has 0 aromatic rings. The number of hydrogen-bond acceptors (Lipinski definition) is 6. The number of rotatable bonds is 5. The Kier molecular flexibility index (Phi) is 5.61. The summed E-state index contributed by atoms with van der Waals surface area (Å²) >= 11 is 0. The van der Waals surface area contributed by atoms with Crippen molar-refractivity contribution in [1.29, 1.82) is 0 Å². The monoisotopic (exact) mass is 257 g/mol. The average molecular weight is 257 g/mol. The molecule has 1 aliphatic carbocycles. The first-order valence-corrected chi connectivity index (χ1v) is 5.86. The van der Waals surface area contributed by atoms with Crippen LogP contribution < -0.4 is 0 Å². The van der Waals surface area contributed by atoms with E-state index >= 15 is 0 Å². The first-order chi connectivity index (χ1) is 8.62. The van der Waals surface area contributed by atoms with Gasteiger partial charge in [0, 0.05) is 18.3 Å². The van der Waals surface area contributed by atoms with Crippen molar-refractivity contribution in [2.45, 2.75) is 25.7 Å². The van der Waals surface area contributed by atoms with Gasteiger partial charge in [0.1, 0.15) is 12.9 Å². The maximum atomic E-state index is 12.1. The van der Waals surface area contributed by atoms with Crippen LogP contribution in [0.3, 0.4) is 0 Å². The van der Waals surface area contributed by atoms with Gasteiger partial charge in [0.05, 0.1) is 20.6 Å². The molecule has 1 rings (SSSR count). The number of esters is 1. The zero-order chi connectivity index (χ0) is 13.5. The minimum absolute atomic E-state index is 0.0845. The number of ketones is 1. The number of hydrogen-bond donors (Lipinski definition) is 0. The number of oxime groups is 1. The molecule has 2 unspecified atom stereocenters. The molecule has 6 nitrogen and oxygen atoms in total. The molecule has 1 saturated carbocycles. The molecule has 18 heavy (non-hydrogen) atoms. The molecule has 0 aromatic carbocycles. The predicted octanol–water partition coefficient (Wildman–Crippen LogP) is 1.14. The zero-order valence-electron chi connectivity index (χ0n) is 11.0. The van der Waals surface area contributed by atoms with Crippen LogP contribution in [0.4, 0.5) is 0 Å². The van der Waals surface area contributed by atoms with Crippen LogP contribution >= 0.6 is 0 Å². The van der Waals surface area contributed by atoms with Gasteiger partial charge in [0.2, 0.25) is 5.90 Å². The van der Waals surface area contributed by atoms with E-state index in [4.69, 9.17) is 4.74 Å². The van der Waals surface area contributed by atoms with E-state index in [1.165, 1.54) is 21.3 Å². The van der Waals surface area contributed by atoms with E-state index in [0.29, 0.717) is 18.7 Å². The number of carbonyl (C=O) groups is 2. The molecule has 0 spiro atoms. The van der Waals surface area contributed by atoms with Crippen molar-refractivity contribution in [1.82, 2.24) is 0 Å². The Morgan fingerprint density at radius 3 is 2.28 bits per heavy atom. The van der Waals surface area contributed by atoms with Gasteiger partial charge in [-0.25, -0.2) is 0 Å². The SMILES string of the molecule is CON=C(CC1CCC(CC(=O)OC)C1=O)OC. The van der Waals surface area contributed by atoms with Gasteiger partial charge in [-0.15, -0.1) is 0 Å². The molecule has 0 heterocycles. The van der Waals surface area contributed by atoms with Crippen LogP contribution in [0.25, 0.3) is 0 Å². The Morgan fingerprint density at radius 2 is 1.78 bits per heavy atom. The first-order valence-electron chi connectivity index (χ1n) is 5.86. The second-order valence-electron chi connectivity index (χ2n) is 4.23. The van der Waals surface area contributed by atoms with Crippen LogP contribution in [0.2, 0.25) is 0 Å². The topological polar surface area (TPSA) is 74.2 Å². The van der Waals surface area contributed by atoms with Gasteiger partial charge in [-0.1, -0.05) is 5.16 Å². The summed E-state index contributed by atoms with van der Waals surface area (Å²) in [6.45, 7) is 0. The van der Waals surface area contributed by atoms with Gasteiger partial charge in [0.25, 0.3) is 0 Å². The number of nitrogens with zero attached hydrogens (tertiary/aromatic N) is 1. The number of ether oxygens (including phenoxy) is 2. The summed E-state index contributed by atoms with van der Waals surface area (Å²) < 4.78 is 9.60. The van der Waals surface area contributed by atoms with Crippen LogP contribution in [0, 0.1) is 11.8 Å². The van der Waals surface area contributed by atoms with E-state index in [-0.39, 0.29) is 30.0 Å². The summed E-state index contributed by atoms with van der Waals surface area (Å²) in [4.78, 5) is 27.8. The Balaban J connectivity index is 2.54. The van der Waals surface area contributed by atoms with Crippen LogP contribution in [0.15, 0.2) is 5.16 Å². The van der Waals surface area contributed by atoms with E-state index in [2.05, 4.69) is 14.7 Å². The zero-order valence-corrected chi connectivity index (χ0v) is 11.0. The lowest BCUT2D eigenvalue weighted by Gasteiger charge is -2.10. The van der Waals surface area contributed by atoms with E-state index < -0.39 is 0 Å².